The van der Waals surface area contributed by atoms with Crippen molar-refractivity contribution in [3.63, 3.8) is 0 Å². The summed E-state index contributed by atoms with van der Waals surface area (Å²) in [4.78, 5) is 0. The summed E-state index contributed by atoms with van der Waals surface area (Å²) >= 11 is 1.78. The van der Waals surface area contributed by atoms with Gasteiger partial charge in [0, 0.05) is 13.0 Å². The Morgan fingerprint density at radius 2 is 2.13 bits per heavy atom. The van der Waals surface area contributed by atoms with E-state index >= 15 is 0 Å². The van der Waals surface area contributed by atoms with E-state index in [1.165, 1.54) is 30.7 Å². The highest BCUT2D eigenvalue weighted by Crippen LogP contribution is 2.30. The first-order chi connectivity index (χ1) is 7.38. The molecule has 0 radical (unpaired) electrons. The molecule has 1 aromatic rings. The van der Waals surface area contributed by atoms with Crippen molar-refractivity contribution in [2.45, 2.75) is 45.6 Å². The fourth-order valence-corrected chi connectivity index (χ4v) is 2.69. The van der Waals surface area contributed by atoms with E-state index in [9.17, 15) is 0 Å². The highest BCUT2D eigenvalue weighted by molar-refractivity contribution is 7.11. The second-order valence-electron chi connectivity index (χ2n) is 4.27. The molecule has 0 aromatic carbocycles. The summed E-state index contributed by atoms with van der Waals surface area (Å²) in [6, 6.07) is 0. The molecule has 1 aromatic heterocycles. The first kappa shape index (κ1) is 11.0. The number of rotatable bonds is 6. The maximum Gasteiger partial charge on any atom is 0.131 e. The van der Waals surface area contributed by atoms with Crippen LogP contribution in [0.2, 0.25) is 0 Å². The average molecular weight is 225 g/mol. The first-order valence-corrected chi connectivity index (χ1v) is 6.72. The van der Waals surface area contributed by atoms with Crippen LogP contribution in [0.3, 0.4) is 0 Å². The lowest BCUT2D eigenvalue weighted by Gasteiger charge is -2.23. The van der Waals surface area contributed by atoms with Gasteiger partial charge in [-0.15, -0.1) is 21.5 Å². The molecule has 1 aliphatic rings. The number of hydrogen-bond donors (Lipinski definition) is 1. The van der Waals surface area contributed by atoms with Gasteiger partial charge < -0.3 is 5.32 Å². The minimum atomic E-state index is 0.885. The van der Waals surface area contributed by atoms with E-state index < -0.39 is 0 Å². The summed E-state index contributed by atoms with van der Waals surface area (Å²) in [7, 11) is 0. The molecule has 0 spiro atoms. The van der Waals surface area contributed by atoms with Gasteiger partial charge in [-0.05, 0) is 18.9 Å². The molecule has 3 nitrogen and oxygen atoms in total. The minimum Gasteiger partial charge on any atom is -0.310 e. The topological polar surface area (TPSA) is 37.8 Å². The molecule has 1 N–H and O–H groups in total. The molecule has 4 heteroatoms. The lowest BCUT2D eigenvalue weighted by Crippen LogP contribution is -2.13. The van der Waals surface area contributed by atoms with Crippen molar-refractivity contribution in [1.82, 2.24) is 15.5 Å². The third kappa shape index (κ3) is 3.24. The van der Waals surface area contributed by atoms with Crippen LogP contribution in [0.5, 0.6) is 0 Å². The molecule has 0 saturated heterocycles. The van der Waals surface area contributed by atoms with Crippen LogP contribution >= 0.6 is 11.3 Å². The van der Waals surface area contributed by atoms with Gasteiger partial charge >= 0.3 is 0 Å². The van der Waals surface area contributed by atoms with Gasteiger partial charge in [-0.1, -0.05) is 26.2 Å². The van der Waals surface area contributed by atoms with Crippen LogP contribution in [0.4, 0.5) is 0 Å². The number of nitrogens with zero attached hydrogens (tertiary/aromatic N) is 2. The summed E-state index contributed by atoms with van der Waals surface area (Å²) in [5.74, 6) is 0.898. The first-order valence-electron chi connectivity index (χ1n) is 5.90. The molecule has 1 fully saturated rings. The van der Waals surface area contributed by atoms with E-state index in [2.05, 4.69) is 22.4 Å². The Bertz CT molecular complexity index is 294. The molecule has 0 bridgehead atoms. The molecule has 1 aliphatic carbocycles. The zero-order chi connectivity index (χ0) is 10.5. The van der Waals surface area contributed by atoms with Crippen LogP contribution < -0.4 is 5.32 Å². The highest BCUT2D eigenvalue weighted by Gasteiger charge is 2.19. The van der Waals surface area contributed by atoms with E-state index in [4.69, 9.17) is 0 Å². The standard InChI is InChI=1S/C11H19N3S/c1-2-6-12-8-11-14-13-10(15-11)7-9-4-3-5-9/h9,12H,2-8H2,1H3. The predicted octanol–water partition coefficient (Wildman–Crippen LogP) is 2.38. The largest absolute Gasteiger partial charge is 0.310 e. The van der Waals surface area contributed by atoms with Crippen molar-refractivity contribution in [1.29, 1.82) is 0 Å². The van der Waals surface area contributed by atoms with Crippen molar-refractivity contribution in [2.24, 2.45) is 5.92 Å². The predicted molar refractivity (Wildman–Crippen MR) is 63.0 cm³/mol. The Morgan fingerprint density at radius 1 is 1.33 bits per heavy atom. The zero-order valence-electron chi connectivity index (χ0n) is 9.33. The molecule has 1 heterocycles. The van der Waals surface area contributed by atoms with Crippen molar-refractivity contribution >= 4 is 11.3 Å². The van der Waals surface area contributed by atoms with Crippen LogP contribution in [0, 0.1) is 5.92 Å². The van der Waals surface area contributed by atoms with E-state index in [-0.39, 0.29) is 0 Å². The van der Waals surface area contributed by atoms with Crippen LogP contribution in [0.25, 0.3) is 0 Å². The SMILES string of the molecule is CCCNCc1nnc(CC2CCC2)s1. The monoisotopic (exact) mass is 225 g/mol. The van der Waals surface area contributed by atoms with E-state index in [0.717, 1.165) is 30.4 Å². The Morgan fingerprint density at radius 3 is 2.80 bits per heavy atom. The summed E-state index contributed by atoms with van der Waals surface area (Å²) < 4.78 is 0. The maximum absolute atomic E-state index is 4.25. The van der Waals surface area contributed by atoms with E-state index in [1.807, 2.05) is 0 Å². The second-order valence-corrected chi connectivity index (χ2v) is 5.41. The van der Waals surface area contributed by atoms with Gasteiger partial charge in [-0.3, -0.25) is 0 Å². The third-order valence-corrected chi connectivity index (χ3v) is 3.85. The second kappa shape index (κ2) is 5.56. The summed E-state index contributed by atoms with van der Waals surface area (Å²) in [5.41, 5.74) is 0. The van der Waals surface area contributed by atoms with E-state index in [0.29, 0.717) is 0 Å². The number of aromatic nitrogens is 2. The Kier molecular flexibility index (Phi) is 4.09. The molecule has 0 unspecified atom stereocenters. The van der Waals surface area contributed by atoms with E-state index in [1.54, 1.807) is 11.3 Å². The third-order valence-electron chi connectivity index (χ3n) is 2.90. The van der Waals surface area contributed by atoms with Crippen molar-refractivity contribution in [3.8, 4) is 0 Å². The van der Waals surface area contributed by atoms with Crippen LogP contribution in [-0.4, -0.2) is 16.7 Å². The quantitative estimate of drug-likeness (QED) is 0.755. The van der Waals surface area contributed by atoms with Gasteiger partial charge in [0.2, 0.25) is 0 Å². The molecule has 2 rings (SSSR count). The molecule has 84 valence electrons. The molecule has 1 saturated carbocycles. The van der Waals surface area contributed by atoms with Gasteiger partial charge in [0.05, 0.1) is 0 Å². The fourth-order valence-electron chi connectivity index (χ4n) is 1.76. The van der Waals surface area contributed by atoms with Gasteiger partial charge in [0.25, 0.3) is 0 Å². The van der Waals surface area contributed by atoms with Crippen molar-refractivity contribution in [2.75, 3.05) is 6.54 Å². The lowest BCUT2D eigenvalue weighted by molar-refractivity contribution is 0.313. The normalized spacial score (nSPS) is 16.6. The fraction of sp³-hybridized carbons (Fsp3) is 0.818. The zero-order valence-corrected chi connectivity index (χ0v) is 10.1. The summed E-state index contributed by atoms with van der Waals surface area (Å²) in [5, 5.41) is 14.2. The highest BCUT2D eigenvalue weighted by atomic mass is 32.1. The minimum absolute atomic E-state index is 0.885. The number of nitrogens with one attached hydrogen (secondary N) is 1. The molecular formula is C11H19N3S. The number of hydrogen-bond acceptors (Lipinski definition) is 4. The lowest BCUT2D eigenvalue weighted by atomic mass is 9.83. The van der Waals surface area contributed by atoms with Crippen LogP contribution in [0.15, 0.2) is 0 Å². The van der Waals surface area contributed by atoms with Gasteiger partial charge in [-0.25, -0.2) is 0 Å². The molecule has 0 amide bonds. The smallest absolute Gasteiger partial charge is 0.131 e. The molecule has 0 aliphatic heterocycles. The van der Waals surface area contributed by atoms with Crippen LogP contribution in [0.1, 0.15) is 42.6 Å². The maximum atomic E-state index is 4.25. The average Bonchev–Trinajstić information content (AvgIpc) is 2.60. The molecule has 0 atom stereocenters. The summed E-state index contributed by atoms with van der Waals surface area (Å²) in [6.07, 6.45) is 6.53. The molecule has 15 heavy (non-hydrogen) atoms. The van der Waals surface area contributed by atoms with Crippen LogP contribution in [-0.2, 0) is 13.0 Å². The van der Waals surface area contributed by atoms with Crippen molar-refractivity contribution in [3.05, 3.63) is 10.0 Å². The molecular weight excluding hydrogens is 206 g/mol. The Balaban J connectivity index is 1.75. The van der Waals surface area contributed by atoms with Crippen molar-refractivity contribution < 1.29 is 0 Å². The van der Waals surface area contributed by atoms with Gasteiger partial charge in [0.1, 0.15) is 10.0 Å². The summed E-state index contributed by atoms with van der Waals surface area (Å²) in [6.45, 7) is 4.13. The van der Waals surface area contributed by atoms with Gasteiger partial charge in [0.15, 0.2) is 0 Å². The van der Waals surface area contributed by atoms with Gasteiger partial charge in [-0.2, -0.15) is 0 Å². The Hall–Kier alpha value is -0.480. The Labute approximate surface area is 95.3 Å².